The van der Waals surface area contributed by atoms with Crippen LogP contribution in [0.5, 0.6) is 11.5 Å². The predicted molar refractivity (Wildman–Crippen MR) is 327 cm³/mol. The number of nitro groups is 2. The number of non-ortho nitro benzene ring substituents is 2. The molecule has 0 radical (unpaired) electrons. The highest BCUT2D eigenvalue weighted by molar-refractivity contribution is 6.40. The molecule has 16 nitrogen and oxygen atoms in total. The minimum absolute atomic E-state index is 0.0110. The number of hydrogen-bond donors (Lipinski definition) is 2. The Bertz CT molecular complexity index is 3860. The summed E-state index contributed by atoms with van der Waals surface area (Å²) in [6, 6.07) is 41.2. The number of nitrogens with zero attached hydrogens (tertiary/aromatic N) is 4. The van der Waals surface area contributed by atoms with E-state index in [4.69, 9.17) is 9.47 Å². The van der Waals surface area contributed by atoms with Gasteiger partial charge in [-0.15, -0.1) is 0 Å². The van der Waals surface area contributed by atoms with Gasteiger partial charge in [0.25, 0.3) is 11.4 Å². The van der Waals surface area contributed by atoms with Crippen molar-refractivity contribution >= 4 is 74.4 Å². The maximum atomic E-state index is 15.0. The number of amides is 2. The maximum Gasteiger partial charge on any atom is 0.269 e. The molecule has 2 amide bonds. The van der Waals surface area contributed by atoms with E-state index in [-0.39, 0.29) is 83.9 Å². The number of carbonyl (C=O) groups is 3. The standard InChI is InChI=1S/C68H64N6O10/c1-41-13-29-59(45(5)35-41)71(60-30-14-42(2)36-46(60)6)51-21-27-55(57(39-51)69-63(75)11-9-33-83-53-23-17-49(18-24-53)73(79)80)65-67(77)66(68(65)78)56-28-22-52(72(61-31-15-43(3)37-47(61)7)62-32-16-44(4)38-48(62)8)40-58(56)70-64(76)12-10-34-84-54-25-19-50(20-26-54)74(81)82/h13-32,35-40H,9-12,33-34H2,1-8H3,(H2,69,70,75,76,77,78). The van der Waals surface area contributed by atoms with Gasteiger partial charge in [0.15, 0.2) is 5.78 Å². The van der Waals surface area contributed by atoms with E-state index in [9.17, 15) is 29.8 Å². The molecule has 9 rings (SSSR count). The van der Waals surface area contributed by atoms with Gasteiger partial charge in [0, 0.05) is 112 Å². The molecule has 2 aliphatic carbocycles. The van der Waals surface area contributed by atoms with Crippen LogP contribution in [0.15, 0.2) is 180 Å². The van der Waals surface area contributed by atoms with Gasteiger partial charge in [-0.25, -0.2) is 0 Å². The Morgan fingerprint density at radius 1 is 0.536 bits per heavy atom. The van der Waals surface area contributed by atoms with Crippen LogP contribution in [0.3, 0.4) is 0 Å². The van der Waals surface area contributed by atoms with E-state index in [1.165, 1.54) is 48.5 Å². The van der Waals surface area contributed by atoms with E-state index in [1.807, 2.05) is 116 Å². The summed E-state index contributed by atoms with van der Waals surface area (Å²) in [6.07, 6.45) is 5.79. The fourth-order valence-corrected chi connectivity index (χ4v) is 10.5. The van der Waals surface area contributed by atoms with Gasteiger partial charge in [0.2, 0.25) is 28.9 Å². The van der Waals surface area contributed by atoms with Gasteiger partial charge in [0.05, 0.1) is 34.4 Å². The molecule has 0 saturated heterocycles. The van der Waals surface area contributed by atoms with E-state index in [2.05, 4.69) is 44.4 Å². The van der Waals surface area contributed by atoms with E-state index in [0.29, 0.717) is 22.9 Å². The third-order valence-corrected chi connectivity index (χ3v) is 14.6. The molecule has 0 spiro atoms. The lowest BCUT2D eigenvalue weighted by Gasteiger charge is -2.35. The first-order valence-electron chi connectivity index (χ1n) is 27.6. The molecule has 0 saturated carbocycles. The molecule has 0 unspecified atom stereocenters. The molecule has 2 N–H and O–H groups in total. The predicted octanol–water partition coefficient (Wildman–Crippen LogP) is 13.6. The van der Waals surface area contributed by atoms with Crippen molar-refractivity contribution in [3.8, 4) is 11.5 Å². The highest BCUT2D eigenvalue weighted by Gasteiger charge is 2.36. The molecular weight excluding hydrogens is 1060 g/mol. The van der Waals surface area contributed by atoms with Crippen LogP contribution in [0.2, 0.25) is 0 Å². The lowest BCUT2D eigenvalue weighted by Crippen LogP contribution is -2.34. The third kappa shape index (κ3) is 13.1. The number of ketones is 1. The first-order valence-corrected chi connectivity index (χ1v) is 27.6. The first-order chi connectivity index (χ1) is 40.2. The van der Waals surface area contributed by atoms with Crippen molar-refractivity contribution in [2.75, 3.05) is 23.4 Å². The summed E-state index contributed by atoms with van der Waals surface area (Å²) in [7, 11) is 0. The molecule has 84 heavy (non-hydrogen) atoms. The van der Waals surface area contributed by atoms with Crippen LogP contribution >= 0.6 is 0 Å². The number of carbonyl (C=O) groups excluding carboxylic acids is 3. The largest absolute Gasteiger partial charge is 0.871 e. The molecule has 7 aromatic rings. The van der Waals surface area contributed by atoms with E-state index >= 15 is 9.90 Å². The monoisotopic (exact) mass is 1120 g/mol. The molecule has 0 bridgehead atoms. The Hall–Kier alpha value is -10.2. The number of nitrogens with one attached hydrogen (secondary N) is 2. The summed E-state index contributed by atoms with van der Waals surface area (Å²) in [5, 5.41) is 43.5. The van der Waals surface area contributed by atoms with Gasteiger partial charge in [-0.2, -0.15) is 4.58 Å². The number of anilines is 4. The van der Waals surface area contributed by atoms with Crippen molar-refractivity contribution in [1.82, 2.24) is 9.89 Å². The van der Waals surface area contributed by atoms with Gasteiger partial charge in [0.1, 0.15) is 11.5 Å². The van der Waals surface area contributed by atoms with Crippen molar-refractivity contribution in [3.63, 3.8) is 0 Å². The topological polar surface area (TPSA) is 209 Å². The average Bonchev–Trinajstić information content (AvgIpc) is 1.23. The highest BCUT2D eigenvalue weighted by atomic mass is 16.6. The summed E-state index contributed by atoms with van der Waals surface area (Å²) < 4.78 is 13.7. The lowest BCUT2D eigenvalue weighted by molar-refractivity contribution is -0.385. The third-order valence-electron chi connectivity index (χ3n) is 14.6. The zero-order valence-corrected chi connectivity index (χ0v) is 48.1. The van der Waals surface area contributed by atoms with E-state index in [1.54, 1.807) is 24.3 Å². The molecule has 16 heteroatoms. The van der Waals surface area contributed by atoms with Crippen LogP contribution in [0.4, 0.5) is 45.5 Å². The summed E-state index contributed by atoms with van der Waals surface area (Å²) in [5.74, 6) is -1.18. The van der Waals surface area contributed by atoms with Crippen molar-refractivity contribution in [3.05, 3.63) is 251 Å². The number of hydrogen-bond acceptors (Lipinski definition) is 11. The Morgan fingerprint density at radius 2 is 1.00 bits per heavy atom. The van der Waals surface area contributed by atoms with Crippen LogP contribution in [0.1, 0.15) is 75.8 Å². The van der Waals surface area contributed by atoms with Gasteiger partial charge in [-0.1, -0.05) is 70.5 Å². The van der Waals surface area contributed by atoms with Crippen molar-refractivity contribution in [2.45, 2.75) is 81.1 Å². The fraction of sp³-hybridized carbons (Fsp3) is 0.206. The Balaban J connectivity index is 1.11. The number of nitro benzene ring substituents is 2. The Labute approximate surface area is 487 Å². The van der Waals surface area contributed by atoms with Crippen LogP contribution < -0.4 is 34.7 Å². The minimum atomic E-state index is -0.583. The second kappa shape index (κ2) is 25.3. The minimum Gasteiger partial charge on any atom is -0.871 e. The SMILES string of the molecule is Cc1ccc(N(c2ccc(C3=C([O-])/C(=C4/C=CC(=[N+](c5ccc(C)cc5C)c5ccc(C)cc5C)C=C4NC(=O)CCCOc4ccc([N+](=O)[O-])cc4)C3=O)c(NC(=O)CCCOc3ccc([N+](=O)[O-])cc3)c2)c2ccc(C)cc2C)c(C)c1. The average molecular weight is 1130 g/mol. The first kappa shape index (κ1) is 58.4. The zero-order chi connectivity index (χ0) is 59.9. The summed E-state index contributed by atoms with van der Waals surface area (Å²) >= 11 is 0. The molecule has 0 atom stereocenters. The maximum absolute atomic E-state index is 15.0. The van der Waals surface area contributed by atoms with Crippen LogP contribution in [0.25, 0.3) is 5.57 Å². The van der Waals surface area contributed by atoms with Gasteiger partial charge in [-0.05, 0) is 146 Å². The second-order valence-corrected chi connectivity index (χ2v) is 21.2. The van der Waals surface area contributed by atoms with Crippen LogP contribution in [0, 0.1) is 75.6 Å². The molecule has 0 heterocycles. The van der Waals surface area contributed by atoms with E-state index in [0.717, 1.165) is 67.3 Å². The number of aryl methyl sites for hydroxylation is 8. The molecule has 2 aliphatic rings. The second-order valence-electron chi connectivity index (χ2n) is 21.2. The molecule has 426 valence electrons. The van der Waals surface area contributed by atoms with Gasteiger partial charge >= 0.3 is 0 Å². The number of allylic oxidation sites excluding steroid dienone is 5. The summed E-state index contributed by atoms with van der Waals surface area (Å²) in [5.41, 5.74) is 13.5. The number of Topliss-reactive ketones (excluding diaryl/α,β-unsaturated/α-hetero) is 1. The van der Waals surface area contributed by atoms with Crippen LogP contribution in [-0.4, -0.2) is 46.4 Å². The van der Waals surface area contributed by atoms with E-state index < -0.39 is 33.2 Å². The molecule has 0 aromatic heterocycles. The zero-order valence-electron chi connectivity index (χ0n) is 48.1. The Morgan fingerprint density at radius 3 is 1.45 bits per heavy atom. The number of rotatable bonds is 20. The summed E-state index contributed by atoms with van der Waals surface area (Å²) in [4.78, 5) is 66.7. The van der Waals surface area contributed by atoms with Crippen molar-refractivity contribution < 1.29 is 38.8 Å². The number of ether oxygens (including phenoxy) is 2. The Kier molecular flexibility index (Phi) is 17.6. The van der Waals surface area contributed by atoms with Crippen molar-refractivity contribution in [1.29, 1.82) is 0 Å². The fourth-order valence-electron chi connectivity index (χ4n) is 10.5. The summed E-state index contributed by atoms with van der Waals surface area (Å²) in [6.45, 7) is 16.5. The molecule has 7 aromatic carbocycles. The number of benzene rings is 7. The lowest BCUT2D eigenvalue weighted by atomic mass is 9.78. The highest BCUT2D eigenvalue weighted by Crippen LogP contribution is 2.45. The van der Waals surface area contributed by atoms with Crippen molar-refractivity contribution in [2.24, 2.45) is 0 Å². The molecular formula is C68H64N6O10. The van der Waals surface area contributed by atoms with Crippen LogP contribution in [-0.2, 0) is 14.4 Å². The quantitative estimate of drug-likeness (QED) is 0.0241. The normalized spacial score (nSPS) is 13.7. The smallest absolute Gasteiger partial charge is 0.269 e. The van der Waals surface area contributed by atoms with Gasteiger partial charge in [-0.3, -0.25) is 34.6 Å². The molecule has 0 aliphatic heterocycles. The molecule has 0 fully saturated rings. The van der Waals surface area contributed by atoms with Gasteiger partial charge < -0.3 is 30.1 Å².